The molecule has 1 aromatic heterocycles. The first-order valence-corrected chi connectivity index (χ1v) is 9.62. The number of urea groups is 1. The van der Waals surface area contributed by atoms with Crippen LogP contribution >= 0.6 is 0 Å². The van der Waals surface area contributed by atoms with E-state index in [1.165, 1.54) is 0 Å². The van der Waals surface area contributed by atoms with Crippen LogP contribution in [0.25, 0.3) is 0 Å². The maximum absolute atomic E-state index is 12.8. The third-order valence-corrected chi connectivity index (χ3v) is 5.83. The fourth-order valence-corrected chi connectivity index (χ4v) is 4.08. The van der Waals surface area contributed by atoms with Crippen LogP contribution in [0.4, 0.5) is 16.2 Å². The number of likely N-dealkylation sites (tertiary alicyclic amines) is 1. The van der Waals surface area contributed by atoms with Crippen molar-refractivity contribution in [2.75, 3.05) is 50.6 Å². The van der Waals surface area contributed by atoms with E-state index in [-0.39, 0.29) is 17.5 Å². The van der Waals surface area contributed by atoms with E-state index >= 15 is 0 Å². The van der Waals surface area contributed by atoms with Gasteiger partial charge in [-0.05, 0) is 37.7 Å². The summed E-state index contributed by atoms with van der Waals surface area (Å²) in [4.78, 5) is 35.3. The van der Waals surface area contributed by atoms with Gasteiger partial charge in [-0.25, -0.2) is 4.79 Å². The van der Waals surface area contributed by atoms with Crippen LogP contribution in [0.2, 0.25) is 0 Å². The van der Waals surface area contributed by atoms with Crippen LogP contribution in [-0.4, -0.2) is 72.6 Å². The Morgan fingerprint density at radius 3 is 2.86 bits per heavy atom. The number of aromatic nitrogens is 1. The average molecular weight is 395 g/mol. The molecule has 1 spiro atoms. The number of likely N-dealkylation sites (N-methyl/N-ethyl adjacent to an activating group) is 1. The quantitative estimate of drug-likeness (QED) is 0.861. The summed E-state index contributed by atoms with van der Waals surface area (Å²) in [6.07, 6.45) is 4.21. The van der Waals surface area contributed by atoms with E-state index < -0.39 is 0 Å². The molecule has 152 valence electrons. The number of anilines is 2. The number of nitrogens with one attached hydrogen (secondary N) is 1. The Balaban J connectivity index is 1.48. The molecule has 0 bridgehead atoms. The lowest BCUT2D eigenvalue weighted by Crippen LogP contribution is -2.64. The zero-order chi connectivity index (χ0) is 20.4. The number of hydrogen-bond donors (Lipinski definition) is 1. The van der Waals surface area contributed by atoms with Crippen LogP contribution in [-0.2, 0) is 4.79 Å². The topological polar surface area (TPSA) is 78.0 Å². The van der Waals surface area contributed by atoms with Crippen LogP contribution in [0.1, 0.15) is 6.42 Å². The number of carbonyl (C=O) groups is 2. The highest BCUT2D eigenvalue weighted by Crippen LogP contribution is 2.33. The van der Waals surface area contributed by atoms with E-state index in [4.69, 9.17) is 4.74 Å². The number of hydrogen-bond acceptors (Lipinski definition) is 5. The molecule has 0 unspecified atom stereocenters. The molecule has 0 aliphatic carbocycles. The van der Waals surface area contributed by atoms with E-state index in [1.807, 2.05) is 42.3 Å². The number of pyridine rings is 1. The molecule has 1 N–H and O–H groups in total. The number of amides is 3. The molecule has 2 aromatic rings. The Hall–Kier alpha value is -3.13. The van der Waals surface area contributed by atoms with Crippen LogP contribution in [0.5, 0.6) is 5.75 Å². The predicted octanol–water partition coefficient (Wildman–Crippen LogP) is 2.05. The first kappa shape index (κ1) is 19.2. The Kier molecular flexibility index (Phi) is 5.10. The van der Waals surface area contributed by atoms with Crippen molar-refractivity contribution < 1.29 is 14.3 Å². The highest BCUT2D eigenvalue weighted by molar-refractivity contribution is 5.96. The number of ether oxygens (including phenoxy) is 1. The Morgan fingerprint density at radius 2 is 2.10 bits per heavy atom. The number of piperazine rings is 1. The van der Waals surface area contributed by atoms with E-state index in [1.54, 1.807) is 30.5 Å². The van der Waals surface area contributed by atoms with Crippen molar-refractivity contribution >= 4 is 23.3 Å². The van der Waals surface area contributed by atoms with E-state index in [0.29, 0.717) is 37.6 Å². The van der Waals surface area contributed by atoms with Crippen LogP contribution in [0.15, 0.2) is 48.8 Å². The minimum Gasteiger partial charge on any atom is -0.497 e. The predicted molar refractivity (Wildman–Crippen MR) is 110 cm³/mol. The minimum absolute atomic E-state index is 0.0467. The lowest BCUT2D eigenvalue weighted by atomic mass is 9.92. The Morgan fingerprint density at radius 1 is 1.24 bits per heavy atom. The SMILES string of the molecule is COc1cccc(NC(=O)N2CC[C@@]3(C2)CN(c2cccnc2)C(=O)CN3C)c1. The minimum atomic E-state index is -0.268. The average Bonchev–Trinajstić information content (AvgIpc) is 3.17. The summed E-state index contributed by atoms with van der Waals surface area (Å²) in [7, 11) is 3.56. The highest BCUT2D eigenvalue weighted by atomic mass is 16.5. The molecule has 3 heterocycles. The molecule has 1 aromatic carbocycles. The van der Waals surface area contributed by atoms with Crippen molar-refractivity contribution in [1.82, 2.24) is 14.8 Å². The third kappa shape index (κ3) is 3.75. The molecule has 8 heteroatoms. The fraction of sp³-hybridized carbons (Fsp3) is 0.381. The first-order valence-electron chi connectivity index (χ1n) is 9.62. The molecule has 2 aliphatic rings. The highest BCUT2D eigenvalue weighted by Gasteiger charge is 2.48. The summed E-state index contributed by atoms with van der Waals surface area (Å²) in [5, 5.41) is 2.95. The van der Waals surface area contributed by atoms with Gasteiger partial charge in [-0.15, -0.1) is 0 Å². The Bertz CT molecular complexity index is 906. The first-order chi connectivity index (χ1) is 14.0. The van der Waals surface area contributed by atoms with Crippen LogP contribution in [0, 0.1) is 0 Å². The van der Waals surface area contributed by atoms with E-state index in [9.17, 15) is 9.59 Å². The molecular weight excluding hydrogens is 370 g/mol. The summed E-state index contributed by atoms with van der Waals surface area (Å²) in [6, 6.07) is 10.9. The number of benzene rings is 1. The zero-order valence-electron chi connectivity index (χ0n) is 16.7. The molecule has 3 amide bonds. The molecule has 0 saturated carbocycles. The number of rotatable bonds is 3. The van der Waals surface area contributed by atoms with Gasteiger partial charge in [0, 0.05) is 37.6 Å². The van der Waals surface area contributed by atoms with Gasteiger partial charge in [0.1, 0.15) is 5.75 Å². The summed E-state index contributed by atoms with van der Waals surface area (Å²) in [6.45, 7) is 2.05. The van der Waals surface area contributed by atoms with Gasteiger partial charge in [0.25, 0.3) is 0 Å². The van der Waals surface area contributed by atoms with Gasteiger partial charge in [-0.3, -0.25) is 14.7 Å². The summed E-state index contributed by atoms with van der Waals surface area (Å²) in [5.74, 6) is 0.740. The monoisotopic (exact) mass is 395 g/mol. The second-order valence-corrected chi connectivity index (χ2v) is 7.61. The lowest BCUT2D eigenvalue weighted by Gasteiger charge is -2.46. The van der Waals surface area contributed by atoms with Gasteiger partial charge in [0.05, 0.1) is 31.1 Å². The van der Waals surface area contributed by atoms with Crippen molar-refractivity contribution in [2.45, 2.75) is 12.0 Å². The third-order valence-electron chi connectivity index (χ3n) is 5.83. The van der Waals surface area contributed by atoms with Crippen molar-refractivity contribution in [1.29, 1.82) is 0 Å². The van der Waals surface area contributed by atoms with Crippen molar-refractivity contribution in [3.05, 3.63) is 48.8 Å². The molecule has 2 aliphatic heterocycles. The molecule has 0 radical (unpaired) electrons. The van der Waals surface area contributed by atoms with Crippen molar-refractivity contribution in [3.8, 4) is 5.75 Å². The number of methoxy groups -OCH3 is 1. The summed E-state index contributed by atoms with van der Waals surface area (Å²) >= 11 is 0. The fourth-order valence-electron chi connectivity index (χ4n) is 4.08. The largest absolute Gasteiger partial charge is 0.497 e. The molecule has 2 fully saturated rings. The van der Waals surface area contributed by atoms with Gasteiger partial charge in [-0.2, -0.15) is 0 Å². The van der Waals surface area contributed by atoms with Gasteiger partial charge >= 0.3 is 6.03 Å². The normalized spacial score (nSPS) is 22.2. The number of carbonyl (C=O) groups excluding carboxylic acids is 2. The smallest absolute Gasteiger partial charge is 0.321 e. The molecule has 4 rings (SSSR count). The second-order valence-electron chi connectivity index (χ2n) is 7.61. The molecular formula is C21H25N5O3. The number of nitrogens with zero attached hydrogens (tertiary/aromatic N) is 4. The molecule has 2 saturated heterocycles. The van der Waals surface area contributed by atoms with E-state index in [0.717, 1.165) is 12.1 Å². The standard InChI is InChI=1S/C21H25N5O3/c1-24-13-19(27)26(17-6-4-9-22-12-17)15-21(24)8-10-25(14-21)20(28)23-16-5-3-7-18(11-16)29-2/h3-7,9,11-12H,8,10,13-15H2,1-2H3,(H,23,28)/t21-/m1/s1. The summed E-state index contributed by atoms with van der Waals surface area (Å²) in [5.41, 5.74) is 1.22. The van der Waals surface area contributed by atoms with Crippen molar-refractivity contribution in [2.24, 2.45) is 0 Å². The molecule has 8 nitrogen and oxygen atoms in total. The van der Waals surface area contributed by atoms with Crippen LogP contribution < -0.4 is 15.0 Å². The van der Waals surface area contributed by atoms with Crippen LogP contribution in [0.3, 0.4) is 0 Å². The van der Waals surface area contributed by atoms with Gasteiger partial charge in [0.2, 0.25) is 5.91 Å². The molecule has 29 heavy (non-hydrogen) atoms. The van der Waals surface area contributed by atoms with E-state index in [2.05, 4.69) is 15.2 Å². The van der Waals surface area contributed by atoms with Crippen molar-refractivity contribution in [3.63, 3.8) is 0 Å². The van der Waals surface area contributed by atoms with Gasteiger partial charge in [0.15, 0.2) is 0 Å². The zero-order valence-corrected chi connectivity index (χ0v) is 16.7. The Labute approximate surface area is 170 Å². The second kappa shape index (κ2) is 7.71. The van der Waals surface area contributed by atoms with Gasteiger partial charge < -0.3 is 19.9 Å². The maximum atomic E-state index is 12.8. The van der Waals surface area contributed by atoms with Gasteiger partial charge in [-0.1, -0.05) is 6.07 Å². The molecule has 1 atom stereocenters. The maximum Gasteiger partial charge on any atom is 0.321 e. The summed E-state index contributed by atoms with van der Waals surface area (Å²) < 4.78 is 5.22. The lowest BCUT2D eigenvalue weighted by molar-refractivity contribution is -0.123.